The van der Waals surface area contributed by atoms with E-state index in [0.717, 1.165) is 17.7 Å². The Bertz CT molecular complexity index is 1550. The smallest absolute Gasteiger partial charge is 0.416 e. The predicted octanol–water partition coefficient (Wildman–Crippen LogP) is 5.66. The second kappa shape index (κ2) is 12.2. The van der Waals surface area contributed by atoms with Gasteiger partial charge in [-0.3, -0.25) is 4.79 Å². The molecule has 40 heavy (non-hydrogen) atoms. The number of halogens is 3. The summed E-state index contributed by atoms with van der Waals surface area (Å²) in [6, 6.07) is 16.4. The van der Waals surface area contributed by atoms with Crippen molar-refractivity contribution >= 4 is 27.1 Å². The summed E-state index contributed by atoms with van der Waals surface area (Å²) >= 11 is 1.33. The van der Waals surface area contributed by atoms with Gasteiger partial charge in [0.05, 0.1) is 34.6 Å². The molecule has 0 aliphatic carbocycles. The number of ether oxygens (including phenoxy) is 1. The van der Waals surface area contributed by atoms with Crippen LogP contribution < -0.4 is 10.1 Å². The van der Waals surface area contributed by atoms with Crippen molar-refractivity contribution in [2.75, 3.05) is 12.4 Å². The summed E-state index contributed by atoms with van der Waals surface area (Å²) in [7, 11) is -3.36. The van der Waals surface area contributed by atoms with Crippen molar-refractivity contribution in [2.24, 2.45) is 0 Å². The van der Waals surface area contributed by atoms with E-state index < -0.39 is 33.5 Å². The van der Waals surface area contributed by atoms with E-state index in [9.17, 15) is 31.5 Å². The van der Waals surface area contributed by atoms with Gasteiger partial charge in [-0.05, 0) is 54.1 Å². The Morgan fingerprint density at radius 2 is 1.68 bits per heavy atom. The lowest BCUT2D eigenvalue weighted by atomic mass is 10.1. The highest BCUT2D eigenvalue weighted by molar-refractivity contribution is 7.91. The number of nitrogens with one attached hydrogen (secondary N) is 1. The minimum Gasteiger partial charge on any atom is -0.486 e. The maximum atomic E-state index is 12.8. The third-order valence-corrected chi connectivity index (χ3v) is 8.62. The quantitative estimate of drug-likeness (QED) is 0.247. The van der Waals surface area contributed by atoms with E-state index >= 15 is 0 Å². The van der Waals surface area contributed by atoms with Crippen molar-refractivity contribution < 1.29 is 36.2 Å². The molecule has 7 nitrogen and oxygen atoms in total. The first kappa shape index (κ1) is 29.2. The molecule has 3 aromatic carbocycles. The summed E-state index contributed by atoms with van der Waals surface area (Å²) in [6.45, 7) is 1.27. The van der Waals surface area contributed by atoms with Crippen LogP contribution in [0.4, 0.5) is 13.2 Å². The van der Waals surface area contributed by atoms with Gasteiger partial charge in [0.1, 0.15) is 17.4 Å². The molecular formula is C28H25F3N2O5S2. The molecule has 210 valence electrons. The summed E-state index contributed by atoms with van der Waals surface area (Å²) in [4.78, 5) is 17.5. The molecule has 1 aromatic heterocycles. The molecule has 1 amide bonds. The number of nitrogens with zero attached hydrogens (tertiary/aromatic N) is 1. The lowest BCUT2D eigenvalue weighted by molar-refractivity contribution is -0.137. The number of carbonyl (C=O) groups excluding carboxylic acids is 1. The van der Waals surface area contributed by atoms with E-state index in [0.29, 0.717) is 27.6 Å². The number of aliphatic hydroxyl groups is 1. The van der Waals surface area contributed by atoms with Gasteiger partial charge < -0.3 is 15.2 Å². The SMILES string of the molecule is CCS(=O)(=O)c1ccc(C(CO)NC(=O)c2ccc(-c3csc(COc4ccc(C(F)(F)F)cc4)n3)cc2)cc1. The Labute approximate surface area is 233 Å². The average Bonchev–Trinajstić information content (AvgIpc) is 3.44. The van der Waals surface area contributed by atoms with Gasteiger partial charge in [-0.25, -0.2) is 13.4 Å². The number of carbonyl (C=O) groups is 1. The van der Waals surface area contributed by atoms with Crippen molar-refractivity contribution in [1.82, 2.24) is 10.3 Å². The molecule has 0 spiro atoms. The fraction of sp³-hybridized carbons (Fsp3) is 0.214. The van der Waals surface area contributed by atoms with Gasteiger partial charge in [-0.15, -0.1) is 11.3 Å². The van der Waals surface area contributed by atoms with Crippen molar-refractivity contribution in [3.05, 3.63) is 99.9 Å². The lowest BCUT2D eigenvalue weighted by Gasteiger charge is -2.17. The molecule has 0 fully saturated rings. The average molecular weight is 591 g/mol. The van der Waals surface area contributed by atoms with Crippen LogP contribution in [0.3, 0.4) is 0 Å². The number of rotatable bonds is 10. The Morgan fingerprint density at radius 3 is 2.25 bits per heavy atom. The van der Waals surface area contributed by atoms with Crippen LogP contribution in [-0.4, -0.2) is 36.8 Å². The van der Waals surface area contributed by atoms with E-state index in [1.54, 1.807) is 43.3 Å². The van der Waals surface area contributed by atoms with Gasteiger partial charge in [0.25, 0.3) is 5.91 Å². The largest absolute Gasteiger partial charge is 0.486 e. The maximum absolute atomic E-state index is 12.8. The Kier molecular flexibility index (Phi) is 8.92. The molecule has 1 unspecified atom stereocenters. The molecule has 0 aliphatic heterocycles. The number of aliphatic hydroxyl groups excluding tert-OH is 1. The summed E-state index contributed by atoms with van der Waals surface area (Å²) in [5.41, 5.74) is 1.57. The van der Waals surface area contributed by atoms with Gasteiger partial charge in [-0.2, -0.15) is 13.2 Å². The number of hydrogen-bond acceptors (Lipinski definition) is 7. The Hall–Kier alpha value is -3.74. The van der Waals surface area contributed by atoms with Crippen LogP contribution in [0.25, 0.3) is 11.3 Å². The number of sulfone groups is 1. The van der Waals surface area contributed by atoms with Crippen LogP contribution in [0, 0.1) is 0 Å². The van der Waals surface area contributed by atoms with Crippen molar-refractivity contribution in [3.63, 3.8) is 0 Å². The van der Waals surface area contributed by atoms with Crippen LogP contribution >= 0.6 is 11.3 Å². The number of benzene rings is 3. The summed E-state index contributed by atoms with van der Waals surface area (Å²) in [5.74, 6) is -0.149. The molecule has 2 N–H and O–H groups in total. The van der Waals surface area contributed by atoms with Gasteiger partial charge in [-0.1, -0.05) is 31.2 Å². The lowest BCUT2D eigenvalue weighted by Crippen LogP contribution is -2.30. The summed E-state index contributed by atoms with van der Waals surface area (Å²) in [5, 5.41) is 15.0. The molecule has 0 saturated heterocycles. The first-order chi connectivity index (χ1) is 19.0. The summed E-state index contributed by atoms with van der Waals surface area (Å²) < 4.78 is 67.7. The fourth-order valence-electron chi connectivity index (χ4n) is 3.74. The van der Waals surface area contributed by atoms with Crippen LogP contribution in [0.5, 0.6) is 5.75 Å². The number of aromatic nitrogens is 1. The van der Waals surface area contributed by atoms with Crippen LogP contribution in [0.2, 0.25) is 0 Å². The molecule has 4 rings (SSSR count). The van der Waals surface area contributed by atoms with E-state index in [2.05, 4.69) is 10.3 Å². The van der Waals surface area contributed by atoms with Crippen LogP contribution in [0.15, 0.2) is 83.1 Å². The normalized spacial score (nSPS) is 12.6. The third-order valence-electron chi connectivity index (χ3n) is 6.05. The van der Waals surface area contributed by atoms with Gasteiger partial charge in [0, 0.05) is 16.5 Å². The molecule has 12 heteroatoms. The molecule has 1 atom stereocenters. The second-order valence-electron chi connectivity index (χ2n) is 8.70. The molecule has 0 bridgehead atoms. The summed E-state index contributed by atoms with van der Waals surface area (Å²) in [6.07, 6.45) is -4.41. The highest BCUT2D eigenvalue weighted by Crippen LogP contribution is 2.31. The number of hydrogen-bond donors (Lipinski definition) is 2. The van der Waals surface area contributed by atoms with E-state index in [4.69, 9.17) is 4.74 Å². The minimum atomic E-state index is -4.41. The zero-order chi connectivity index (χ0) is 28.9. The number of thiazole rings is 1. The topological polar surface area (TPSA) is 106 Å². The Morgan fingerprint density at radius 1 is 1.02 bits per heavy atom. The minimum absolute atomic E-state index is 0.0266. The zero-order valence-corrected chi connectivity index (χ0v) is 22.8. The molecule has 1 heterocycles. The molecule has 4 aromatic rings. The van der Waals surface area contributed by atoms with E-state index in [-0.39, 0.29) is 23.9 Å². The third kappa shape index (κ3) is 7.06. The van der Waals surface area contributed by atoms with Gasteiger partial charge in [0.2, 0.25) is 0 Å². The van der Waals surface area contributed by atoms with Crippen LogP contribution in [0.1, 0.15) is 39.5 Å². The number of alkyl halides is 3. The van der Waals surface area contributed by atoms with Crippen molar-refractivity contribution in [1.29, 1.82) is 0 Å². The monoisotopic (exact) mass is 590 g/mol. The molecule has 0 saturated carbocycles. The van der Waals surface area contributed by atoms with E-state index in [1.807, 2.05) is 5.38 Å². The predicted molar refractivity (Wildman–Crippen MR) is 145 cm³/mol. The van der Waals surface area contributed by atoms with Crippen molar-refractivity contribution in [3.8, 4) is 17.0 Å². The first-order valence-corrected chi connectivity index (χ1v) is 14.6. The number of amides is 1. The molecule has 0 radical (unpaired) electrons. The fourth-order valence-corrected chi connectivity index (χ4v) is 5.34. The molecular weight excluding hydrogens is 565 g/mol. The van der Waals surface area contributed by atoms with Crippen LogP contribution in [-0.2, 0) is 22.6 Å². The maximum Gasteiger partial charge on any atom is 0.416 e. The standard InChI is InChI=1S/C28H25F3N2O5S2/c1-2-40(36,37)23-13-7-18(8-14-23)24(15-34)33-27(35)20-5-3-19(4-6-20)25-17-39-26(32-25)16-38-22-11-9-21(10-12-22)28(29,30)31/h3-14,17,24,34H,2,15-16H2,1H3,(H,33,35). The van der Waals surface area contributed by atoms with E-state index in [1.165, 1.54) is 35.6 Å². The first-order valence-electron chi connectivity index (χ1n) is 12.1. The molecule has 0 aliphatic rings. The zero-order valence-electron chi connectivity index (χ0n) is 21.2. The highest BCUT2D eigenvalue weighted by atomic mass is 32.2. The van der Waals surface area contributed by atoms with Gasteiger partial charge >= 0.3 is 6.18 Å². The van der Waals surface area contributed by atoms with Gasteiger partial charge in [0.15, 0.2) is 9.84 Å². The van der Waals surface area contributed by atoms with Crippen molar-refractivity contribution in [2.45, 2.75) is 30.6 Å². The Balaban J connectivity index is 1.36. The highest BCUT2D eigenvalue weighted by Gasteiger charge is 2.30. The second-order valence-corrected chi connectivity index (χ2v) is 11.9.